The lowest BCUT2D eigenvalue weighted by molar-refractivity contribution is -0.163. The van der Waals surface area contributed by atoms with Crippen LogP contribution in [0.15, 0.2) is 0 Å². The van der Waals surface area contributed by atoms with E-state index >= 15 is 0 Å². The van der Waals surface area contributed by atoms with Gasteiger partial charge in [-0.05, 0) is 26.7 Å². The van der Waals surface area contributed by atoms with Gasteiger partial charge in [-0.25, -0.2) is 0 Å². The molecule has 2 heterocycles. The Hall–Kier alpha value is -1.57. The van der Waals surface area contributed by atoms with Crippen molar-refractivity contribution in [3.05, 3.63) is 17.0 Å². The van der Waals surface area contributed by atoms with Crippen LogP contribution in [0.5, 0.6) is 0 Å². The van der Waals surface area contributed by atoms with Crippen LogP contribution in [-0.4, -0.2) is 33.9 Å². The van der Waals surface area contributed by atoms with Crippen LogP contribution in [0.4, 0.5) is 13.2 Å². The Kier molecular flexibility index (Phi) is 3.05. The largest absolute Gasteiger partial charge is 0.411 e. The normalized spacial score (nSPS) is 27.1. The quantitative estimate of drug-likeness (QED) is 0.880. The summed E-state index contributed by atoms with van der Waals surface area (Å²) in [6.45, 7) is 3.67. The third-order valence-electron chi connectivity index (χ3n) is 4.09. The van der Waals surface area contributed by atoms with E-state index in [9.17, 15) is 18.0 Å². The zero-order chi connectivity index (χ0) is 15.4. The molecule has 1 aliphatic heterocycles. The molecule has 1 fully saturated rings. The molecule has 1 aromatic heterocycles. The number of ether oxygens (including phenoxy) is 1. The van der Waals surface area contributed by atoms with Crippen molar-refractivity contribution in [3.63, 3.8) is 0 Å². The zero-order valence-corrected chi connectivity index (χ0v) is 11.7. The number of amides is 1. The molecule has 1 amide bonds. The lowest BCUT2D eigenvalue weighted by atomic mass is 9.99. The molecule has 5 nitrogen and oxygen atoms in total. The summed E-state index contributed by atoms with van der Waals surface area (Å²) in [5.41, 5.74) is -0.715. The summed E-state index contributed by atoms with van der Waals surface area (Å²) in [5.74, 6) is -0.774. The van der Waals surface area contributed by atoms with Crippen LogP contribution in [-0.2, 0) is 11.2 Å². The number of aromatic amines is 1. The van der Waals surface area contributed by atoms with Crippen molar-refractivity contribution in [3.8, 4) is 0 Å². The molecular formula is C13H16F3N3O2. The van der Waals surface area contributed by atoms with E-state index in [1.54, 1.807) is 0 Å². The number of alkyl halides is 3. The molecule has 2 N–H and O–H groups in total. The second kappa shape index (κ2) is 4.46. The van der Waals surface area contributed by atoms with Gasteiger partial charge in [0.25, 0.3) is 5.91 Å². The fraction of sp³-hybridized carbons (Fsp3) is 0.692. The van der Waals surface area contributed by atoms with E-state index in [1.165, 1.54) is 0 Å². The van der Waals surface area contributed by atoms with E-state index in [2.05, 4.69) is 15.5 Å². The molecule has 1 aromatic rings. The standard InChI is InChI=1S/C13H16F3N3O2/c1-6-5-8-9(7(2)21-6)18-19-10(8)11(20)17-12(3-4-12)13(14,15)16/h6-7H,3-5H2,1-2H3,(H,17,20)(H,18,19)/t6-,7+/m1/s1. The van der Waals surface area contributed by atoms with Crippen molar-refractivity contribution >= 4 is 5.91 Å². The van der Waals surface area contributed by atoms with Crippen LogP contribution in [0.3, 0.4) is 0 Å². The van der Waals surface area contributed by atoms with Gasteiger partial charge in [-0.3, -0.25) is 9.89 Å². The van der Waals surface area contributed by atoms with Gasteiger partial charge in [0.1, 0.15) is 5.54 Å². The molecule has 116 valence electrons. The minimum absolute atomic E-state index is 0.0440. The number of nitrogens with zero attached hydrogens (tertiary/aromatic N) is 1. The molecular weight excluding hydrogens is 287 g/mol. The summed E-state index contributed by atoms with van der Waals surface area (Å²) in [6, 6.07) is 0. The molecule has 0 radical (unpaired) electrons. The van der Waals surface area contributed by atoms with E-state index < -0.39 is 17.6 Å². The van der Waals surface area contributed by atoms with E-state index in [-0.39, 0.29) is 30.7 Å². The minimum Gasteiger partial charge on any atom is -0.369 e. The SMILES string of the molecule is C[C@@H]1Cc2c(C(=O)NC3(C(F)(F)F)CC3)n[nH]c2[C@H](C)O1. The van der Waals surface area contributed by atoms with Gasteiger partial charge in [0, 0.05) is 12.0 Å². The Morgan fingerprint density at radius 2 is 2.10 bits per heavy atom. The highest BCUT2D eigenvalue weighted by molar-refractivity contribution is 5.95. The monoisotopic (exact) mass is 303 g/mol. The first-order valence-corrected chi connectivity index (χ1v) is 6.85. The van der Waals surface area contributed by atoms with E-state index in [0.717, 1.165) is 0 Å². The van der Waals surface area contributed by atoms with Crippen molar-refractivity contribution < 1.29 is 22.7 Å². The van der Waals surface area contributed by atoms with Crippen LogP contribution in [0.1, 0.15) is 54.5 Å². The van der Waals surface area contributed by atoms with Gasteiger partial charge < -0.3 is 10.1 Å². The topological polar surface area (TPSA) is 67.0 Å². The number of hydrogen-bond acceptors (Lipinski definition) is 3. The highest BCUT2D eigenvalue weighted by atomic mass is 19.4. The molecule has 2 atom stereocenters. The van der Waals surface area contributed by atoms with Gasteiger partial charge in [-0.15, -0.1) is 0 Å². The lowest BCUT2D eigenvalue weighted by Crippen LogP contribution is -2.48. The molecule has 2 aliphatic rings. The zero-order valence-electron chi connectivity index (χ0n) is 11.7. The number of rotatable bonds is 2. The number of halogens is 3. The first kappa shape index (κ1) is 14.4. The average molecular weight is 303 g/mol. The van der Waals surface area contributed by atoms with Crippen LogP contribution in [0, 0.1) is 0 Å². The number of fused-ring (bicyclic) bond motifs is 1. The van der Waals surface area contributed by atoms with Crippen LogP contribution in [0.25, 0.3) is 0 Å². The number of carbonyl (C=O) groups is 1. The van der Waals surface area contributed by atoms with Gasteiger partial charge in [0.05, 0.1) is 17.9 Å². The van der Waals surface area contributed by atoms with E-state index in [0.29, 0.717) is 17.7 Å². The smallest absolute Gasteiger partial charge is 0.369 e. The second-order valence-corrected chi connectivity index (χ2v) is 5.79. The number of aromatic nitrogens is 2. The molecule has 21 heavy (non-hydrogen) atoms. The van der Waals surface area contributed by atoms with Crippen molar-refractivity contribution in [1.82, 2.24) is 15.5 Å². The first-order chi connectivity index (χ1) is 9.73. The summed E-state index contributed by atoms with van der Waals surface area (Å²) >= 11 is 0. The number of hydrogen-bond donors (Lipinski definition) is 2. The molecule has 3 rings (SSSR count). The van der Waals surface area contributed by atoms with Crippen LogP contribution < -0.4 is 5.32 Å². The molecule has 0 aromatic carbocycles. The molecule has 1 aliphatic carbocycles. The number of nitrogens with one attached hydrogen (secondary N) is 2. The minimum atomic E-state index is -4.43. The molecule has 0 unspecified atom stereocenters. The Labute approximate surface area is 119 Å². The fourth-order valence-electron chi connectivity index (χ4n) is 2.74. The third kappa shape index (κ3) is 2.31. The summed E-state index contributed by atoms with van der Waals surface area (Å²) in [5, 5.41) is 8.70. The fourth-order valence-corrected chi connectivity index (χ4v) is 2.74. The summed E-state index contributed by atoms with van der Waals surface area (Å²) in [4.78, 5) is 12.2. The molecule has 0 saturated heterocycles. The van der Waals surface area contributed by atoms with Gasteiger partial charge in [-0.1, -0.05) is 0 Å². The van der Waals surface area contributed by atoms with E-state index in [1.807, 2.05) is 13.8 Å². The predicted molar refractivity (Wildman–Crippen MR) is 66.7 cm³/mol. The van der Waals surface area contributed by atoms with Gasteiger partial charge in [0.15, 0.2) is 5.69 Å². The lowest BCUT2D eigenvalue weighted by Gasteiger charge is -2.25. The first-order valence-electron chi connectivity index (χ1n) is 6.85. The summed E-state index contributed by atoms with van der Waals surface area (Å²) in [6.07, 6.45) is -4.49. The summed E-state index contributed by atoms with van der Waals surface area (Å²) < 4.78 is 44.3. The molecule has 0 bridgehead atoms. The summed E-state index contributed by atoms with van der Waals surface area (Å²) in [7, 11) is 0. The Balaban J connectivity index is 1.84. The highest BCUT2D eigenvalue weighted by Crippen LogP contribution is 2.49. The Morgan fingerprint density at radius 3 is 2.67 bits per heavy atom. The Morgan fingerprint density at radius 1 is 1.43 bits per heavy atom. The van der Waals surface area contributed by atoms with Crippen LogP contribution in [0.2, 0.25) is 0 Å². The number of H-pyrrole nitrogens is 1. The van der Waals surface area contributed by atoms with E-state index in [4.69, 9.17) is 4.74 Å². The van der Waals surface area contributed by atoms with Crippen molar-refractivity contribution in [2.75, 3.05) is 0 Å². The average Bonchev–Trinajstić information content (AvgIpc) is 3.00. The molecule has 0 spiro atoms. The maximum absolute atomic E-state index is 12.9. The van der Waals surface area contributed by atoms with Gasteiger partial charge in [-0.2, -0.15) is 18.3 Å². The molecule has 1 saturated carbocycles. The van der Waals surface area contributed by atoms with Crippen molar-refractivity contribution in [1.29, 1.82) is 0 Å². The highest BCUT2D eigenvalue weighted by Gasteiger charge is 2.64. The van der Waals surface area contributed by atoms with Crippen molar-refractivity contribution in [2.24, 2.45) is 0 Å². The maximum atomic E-state index is 12.9. The third-order valence-corrected chi connectivity index (χ3v) is 4.09. The second-order valence-electron chi connectivity index (χ2n) is 5.79. The maximum Gasteiger partial charge on any atom is 0.411 e. The van der Waals surface area contributed by atoms with Gasteiger partial charge >= 0.3 is 6.18 Å². The Bertz CT molecular complexity index is 578. The predicted octanol–water partition coefficient (Wildman–Crippen LogP) is 2.26. The van der Waals surface area contributed by atoms with Crippen molar-refractivity contribution in [2.45, 2.75) is 57.0 Å². The number of carbonyl (C=O) groups excluding carboxylic acids is 1. The van der Waals surface area contributed by atoms with Gasteiger partial charge in [0.2, 0.25) is 0 Å². The molecule has 8 heteroatoms. The van der Waals surface area contributed by atoms with Crippen LogP contribution >= 0.6 is 0 Å².